The normalized spacial score (nSPS) is 22.1. The van der Waals surface area contributed by atoms with Crippen LogP contribution in [0.2, 0.25) is 0 Å². The quantitative estimate of drug-likeness (QED) is 0.896. The molecule has 1 aromatic carbocycles. The van der Waals surface area contributed by atoms with E-state index in [9.17, 15) is 5.11 Å². The molecule has 112 valence electrons. The van der Waals surface area contributed by atoms with Crippen molar-refractivity contribution in [3.63, 3.8) is 0 Å². The highest BCUT2D eigenvalue weighted by Gasteiger charge is 2.27. The van der Waals surface area contributed by atoms with Crippen molar-refractivity contribution in [1.29, 1.82) is 0 Å². The minimum atomic E-state index is -0.427. The van der Waals surface area contributed by atoms with E-state index in [-0.39, 0.29) is 6.10 Å². The summed E-state index contributed by atoms with van der Waals surface area (Å²) in [4.78, 5) is 2.37. The molecule has 0 aliphatic carbocycles. The zero-order chi connectivity index (χ0) is 14.5. The number of ether oxygens (including phenoxy) is 1. The van der Waals surface area contributed by atoms with Crippen LogP contribution in [0.1, 0.15) is 31.9 Å². The fourth-order valence-electron chi connectivity index (χ4n) is 2.68. The molecule has 0 bridgehead atoms. The van der Waals surface area contributed by atoms with Crippen molar-refractivity contribution in [2.75, 3.05) is 19.7 Å². The van der Waals surface area contributed by atoms with Gasteiger partial charge < -0.3 is 9.84 Å². The minimum absolute atomic E-state index is 0.0722. The van der Waals surface area contributed by atoms with Gasteiger partial charge in [-0.25, -0.2) is 0 Å². The molecule has 3 nitrogen and oxygen atoms in total. The Labute approximate surface area is 122 Å². The van der Waals surface area contributed by atoms with Gasteiger partial charge in [0.05, 0.1) is 18.8 Å². The molecule has 0 saturated carbocycles. The Hall–Kier alpha value is -0.900. The van der Waals surface area contributed by atoms with Crippen LogP contribution in [0.4, 0.5) is 0 Å². The van der Waals surface area contributed by atoms with E-state index in [0.29, 0.717) is 19.1 Å². The first-order chi connectivity index (χ1) is 9.60. The van der Waals surface area contributed by atoms with Gasteiger partial charge in [-0.1, -0.05) is 31.2 Å². The summed E-state index contributed by atoms with van der Waals surface area (Å²) in [6.07, 6.45) is 1.22. The lowest BCUT2D eigenvalue weighted by Crippen LogP contribution is -2.50. The van der Waals surface area contributed by atoms with Crippen LogP contribution < -0.4 is 0 Å². The molecule has 20 heavy (non-hydrogen) atoms. The molecule has 2 unspecified atom stereocenters. The van der Waals surface area contributed by atoms with Crippen molar-refractivity contribution in [3.8, 4) is 0 Å². The molecule has 1 aliphatic heterocycles. The predicted molar refractivity (Wildman–Crippen MR) is 82.0 cm³/mol. The van der Waals surface area contributed by atoms with Gasteiger partial charge in [0.15, 0.2) is 0 Å². The topological polar surface area (TPSA) is 32.7 Å². The maximum atomic E-state index is 10.4. The smallest absolute Gasteiger partial charge is 0.0964 e. The van der Waals surface area contributed by atoms with E-state index in [2.05, 4.69) is 49.9 Å². The van der Waals surface area contributed by atoms with Crippen LogP contribution in [0.5, 0.6) is 0 Å². The Kier molecular flexibility index (Phi) is 5.58. The number of aliphatic hydroxyl groups is 1. The number of aryl methyl sites for hydroxylation is 1. The minimum Gasteiger partial charge on any atom is -0.390 e. The van der Waals surface area contributed by atoms with Crippen LogP contribution in [0, 0.1) is 0 Å². The Morgan fingerprint density at radius 1 is 1.25 bits per heavy atom. The van der Waals surface area contributed by atoms with Crippen molar-refractivity contribution >= 4 is 0 Å². The fourth-order valence-corrected chi connectivity index (χ4v) is 2.68. The van der Waals surface area contributed by atoms with Crippen molar-refractivity contribution in [2.45, 2.75) is 51.9 Å². The molecular weight excluding hydrogens is 250 g/mol. The fraction of sp³-hybridized carbons (Fsp3) is 0.647. The lowest BCUT2D eigenvalue weighted by atomic mass is 10.0. The molecule has 2 rings (SSSR count). The Bertz CT molecular complexity index is 402. The molecule has 3 heteroatoms. The third-order valence-corrected chi connectivity index (χ3v) is 4.16. The van der Waals surface area contributed by atoms with E-state index >= 15 is 0 Å². The molecule has 2 atom stereocenters. The molecule has 0 spiro atoms. The van der Waals surface area contributed by atoms with E-state index in [1.807, 2.05) is 0 Å². The summed E-state index contributed by atoms with van der Waals surface area (Å²) in [6, 6.07) is 9.03. The summed E-state index contributed by atoms with van der Waals surface area (Å²) in [5.74, 6) is 0. The summed E-state index contributed by atoms with van der Waals surface area (Å²) >= 11 is 0. The second-order valence-electron chi connectivity index (χ2n) is 5.94. The van der Waals surface area contributed by atoms with Crippen molar-refractivity contribution in [3.05, 3.63) is 35.4 Å². The van der Waals surface area contributed by atoms with Gasteiger partial charge in [-0.05, 0) is 31.4 Å². The van der Waals surface area contributed by atoms with Gasteiger partial charge in [-0.3, -0.25) is 4.90 Å². The van der Waals surface area contributed by atoms with E-state index < -0.39 is 6.10 Å². The third kappa shape index (κ3) is 4.05. The van der Waals surface area contributed by atoms with Crippen molar-refractivity contribution in [2.24, 2.45) is 0 Å². The van der Waals surface area contributed by atoms with Crippen LogP contribution in [-0.4, -0.2) is 48.0 Å². The highest BCUT2D eigenvalue weighted by Crippen LogP contribution is 2.15. The van der Waals surface area contributed by atoms with E-state index in [0.717, 1.165) is 19.5 Å². The highest BCUT2D eigenvalue weighted by molar-refractivity contribution is 5.23. The van der Waals surface area contributed by atoms with Crippen LogP contribution in [0.25, 0.3) is 0 Å². The standard InChI is InChI=1S/C17H27NO2/c1-4-14-5-7-15(8-6-14)11-16(19)17-12-18(13(2)3)9-10-20-17/h5-8,13,16-17,19H,4,9-12H2,1-3H3. The average Bonchev–Trinajstić information content (AvgIpc) is 2.48. The van der Waals surface area contributed by atoms with Crippen LogP contribution in [-0.2, 0) is 17.6 Å². The van der Waals surface area contributed by atoms with Gasteiger partial charge >= 0.3 is 0 Å². The van der Waals surface area contributed by atoms with Gasteiger partial charge in [0.1, 0.15) is 0 Å². The molecule has 0 aromatic heterocycles. The summed E-state index contributed by atoms with van der Waals surface area (Å²) < 4.78 is 5.75. The average molecular weight is 277 g/mol. The Balaban J connectivity index is 1.91. The van der Waals surface area contributed by atoms with Gasteiger partial charge in [-0.2, -0.15) is 0 Å². The van der Waals surface area contributed by atoms with Gasteiger partial charge in [-0.15, -0.1) is 0 Å². The number of nitrogens with zero attached hydrogens (tertiary/aromatic N) is 1. The SMILES string of the molecule is CCc1ccc(CC(O)C2CN(C(C)C)CCO2)cc1. The van der Waals surface area contributed by atoms with E-state index in [1.165, 1.54) is 11.1 Å². The number of morpholine rings is 1. The Morgan fingerprint density at radius 3 is 2.50 bits per heavy atom. The van der Waals surface area contributed by atoms with Crippen LogP contribution in [0.15, 0.2) is 24.3 Å². The zero-order valence-electron chi connectivity index (χ0n) is 12.9. The first-order valence-corrected chi connectivity index (χ1v) is 7.71. The predicted octanol–water partition coefficient (Wildman–Crippen LogP) is 2.26. The van der Waals surface area contributed by atoms with Crippen LogP contribution >= 0.6 is 0 Å². The maximum absolute atomic E-state index is 10.4. The molecule has 1 heterocycles. The van der Waals surface area contributed by atoms with Gasteiger partial charge in [0, 0.05) is 25.6 Å². The Morgan fingerprint density at radius 2 is 1.90 bits per heavy atom. The first kappa shape index (κ1) is 15.5. The molecule has 1 fully saturated rings. The summed E-state index contributed by atoms with van der Waals surface area (Å²) in [5, 5.41) is 10.4. The van der Waals surface area contributed by atoms with Crippen LogP contribution in [0.3, 0.4) is 0 Å². The van der Waals surface area contributed by atoms with E-state index in [4.69, 9.17) is 4.74 Å². The summed E-state index contributed by atoms with van der Waals surface area (Å²) in [5.41, 5.74) is 2.52. The second kappa shape index (κ2) is 7.21. The number of benzene rings is 1. The lowest BCUT2D eigenvalue weighted by Gasteiger charge is -2.37. The van der Waals surface area contributed by atoms with Crippen molar-refractivity contribution < 1.29 is 9.84 Å². The molecule has 1 aromatic rings. The van der Waals surface area contributed by atoms with Crippen molar-refractivity contribution in [1.82, 2.24) is 4.90 Å². The summed E-state index contributed by atoms with van der Waals surface area (Å²) in [7, 11) is 0. The number of hydrogen-bond acceptors (Lipinski definition) is 3. The third-order valence-electron chi connectivity index (χ3n) is 4.16. The lowest BCUT2D eigenvalue weighted by molar-refractivity contribution is -0.0940. The summed E-state index contributed by atoms with van der Waals surface area (Å²) in [6.45, 7) is 9.04. The molecule has 1 saturated heterocycles. The second-order valence-corrected chi connectivity index (χ2v) is 5.94. The molecule has 1 N–H and O–H groups in total. The monoisotopic (exact) mass is 277 g/mol. The molecular formula is C17H27NO2. The van der Waals surface area contributed by atoms with Gasteiger partial charge in [0.2, 0.25) is 0 Å². The van der Waals surface area contributed by atoms with E-state index in [1.54, 1.807) is 0 Å². The highest BCUT2D eigenvalue weighted by atomic mass is 16.5. The molecule has 1 aliphatic rings. The van der Waals surface area contributed by atoms with Gasteiger partial charge in [0.25, 0.3) is 0 Å². The molecule has 0 radical (unpaired) electrons. The molecule has 0 amide bonds. The number of rotatable bonds is 5. The maximum Gasteiger partial charge on any atom is 0.0964 e. The number of aliphatic hydroxyl groups excluding tert-OH is 1. The first-order valence-electron chi connectivity index (χ1n) is 7.71. The number of hydrogen-bond donors (Lipinski definition) is 1. The zero-order valence-corrected chi connectivity index (χ0v) is 12.9. The largest absolute Gasteiger partial charge is 0.390 e.